The van der Waals surface area contributed by atoms with E-state index in [-0.39, 0.29) is 17.4 Å². The van der Waals surface area contributed by atoms with Gasteiger partial charge in [-0.1, -0.05) is 0 Å². The van der Waals surface area contributed by atoms with Crippen molar-refractivity contribution in [2.45, 2.75) is 6.43 Å². The van der Waals surface area contributed by atoms with E-state index >= 15 is 0 Å². The first kappa shape index (κ1) is 9.54. The normalized spacial score (nSPS) is 10.0. The Labute approximate surface area is 42.3 Å². The molecule has 0 saturated heterocycles. The molecule has 0 aliphatic carbocycles. The van der Waals surface area contributed by atoms with Gasteiger partial charge in [0.25, 0.3) is 0 Å². The summed E-state index contributed by atoms with van der Waals surface area (Å²) in [6.45, 7) is 0. The molecule has 0 unspecified atom stereocenters. The maximum atomic E-state index is 9.69. The Morgan fingerprint density at radius 1 is 0.833 bits per heavy atom. The zero-order valence-electron chi connectivity index (χ0n) is 2.59. The third kappa shape index (κ3) is 706. The van der Waals surface area contributed by atoms with Crippen molar-refractivity contribution in [2.75, 3.05) is 0 Å². The predicted molar refractivity (Wildman–Crippen MR) is 12.9 cm³/mol. The lowest BCUT2D eigenvalue weighted by atomic mass is 11.5. The van der Waals surface area contributed by atoms with Crippen molar-refractivity contribution in [3.8, 4) is 0 Å². The minimum atomic E-state index is -5.50. The van der Waals surface area contributed by atoms with E-state index in [1.54, 1.807) is 0 Å². The van der Waals surface area contributed by atoms with Crippen LogP contribution in [-0.4, -0.2) is 23.8 Å². The smallest absolute Gasteiger partial charge is 0.140 e. The van der Waals surface area contributed by atoms with Gasteiger partial charge in [-0.15, -0.1) is 17.6 Å². The van der Waals surface area contributed by atoms with Crippen molar-refractivity contribution >= 4 is 17.4 Å². The molecule has 0 heterocycles. The van der Waals surface area contributed by atoms with E-state index in [0.29, 0.717) is 0 Å². The van der Waals surface area contributed by atoms with Gasteiger partial charge in [-0.25, -0.2) is 0 Å². The van der Waals surface area contributed by atoms with Crippen molar-refractivity contribution in [2.24, 2.45) is 0 Å². The van der Waals surface area contributed by atoms with E-state index < -0.39 is 6.43 Å². The molecule has 0 aliphatic rings. The molecule has 0 nitrogen and oxygen atoms in total. The van der Waals surface area contributed by atoms with Gasteiger partial charge in [0.15, 0.2) is 0 Å². The molecule has 0 aliphatic heterocycles. The highest BCUT2D eigenvalue weighted by Crippen LogP contribution is 2.13. The molecule has 0 aromatic carbocycles. The number of halogens is 4. The van der Waals surface area contributed by atoms with Crippen LogP contribution in [0.3, 0.4) is 0 Å². The van der Waals surface area contributed by atoms with Crippen molar-refractivity contribution < 1.29 is 17.6 Å². The number of alkyl halides is 4. The van der Waals surface area contributed by atoms with Gasteiger partial charge in [-0.05, 0) is 0 Å². The molecular weight excluding hydrogens is 115 g/mol. The summed E-state index contributed by atoms with van der Waals surface area (Å²) in [5, 5.41) is 0. The highest BCUT2D eigenvalue weighted by Gasteiger charge is 2.24. The average molecular weight is 115 g/mol. The molecule has 35 valence electrons. The molecule has 0 spiro atoms. The summed E-state index contributed by atoms with van der Waals surface area (Å²) < 4.78 is 38.8. The molecule has 0 atom stereocenters. The minimum Gasteiger partial charge on any atom is -0.140 e. The van der Waals surface area contributed by atoms with E-state index in [2.05, 4.69) is 0 Å². The van der Waals surface area contributed by atoms with Crippen LogP contribution in [0.25, 0.3) is 0 Å². The van der Waals surface area contributed by atoms with E-state index in [1.807, 2.05) is 0 Å². The van der Waals surface area contributed by atoms with Crippen molar-refractivity contribution in [3.63, 3.8) is 0 Å². The van der Waals surface area contributed by atoms with E-state index in [4.69, 9.17) is 0 Å². The second-order valence-corrected chi connectivity index (χ2v) is 0.429. The van der Waals surface area contributed by atoms with Crippen LogP contribution < -0.4 is 0 Å². The fourth-order valence-corrected chi connectivity index (χ4v) is 0. The molecule has 0 N–H and O–H groups in total. The van der Waals surface area contributed by atoms with Crippen LogP contribution in [0, 0.1) is 0 Å². The van der Waals surface area contributed by atoms with E-state index in [9.17, 15) is 17.6 Å². The second kappa shape index (κ2) is 2.43. The second-order valence-electron chi connectivity index (χ2n) is 0.429. The molecule has 6 heavy (non-hydrogen) atoms. The van der Waals surface area contributed by atoms with Gasteiger partial charge < -0.3 is 0 Å². The molecule has 0 bridgehead atoms. The fraction of sp³-hybridized carbons (Fsp3) is 1.00. The summed E-state index contributed by atoms with van der Waals surface area (Å²) >= 11 is 0. The molecule has 0 amide bonds. The Kier molecular flexibility index (Phi) is 3.86. The summed E-state index contributed by atoms with van der Waals surface area (Å²) in [6, 6.07) is 0. The molecular formula is CAlF4. The Bertz CT molecular complexity index is 23.0. The van der Waals surface area contributed by atoms with E-state index in [0.717, 1.165) is 0 Å². The molecule has 0 rings (SSSR count). The summed E-state index contributed by atoms with van der Waals surface area (Å²) in [5.74, 6) is 0. The third-order valence-corrected chi connectivity index (χ3v) is 0. The molecule has 0 saturated carbocycles. The van der Waals surface area contributed by atoms with Gasteiger partial charge in [0, 0.05) is 17.4 Å². The van der Waals surface area contributed by atoms with Crippen LogP contribution in [0.1, 0.15) is 0 Å². The maximum absolute atomic E-state index is 9.69. The van der Waals surface area contributed by atoms with Gasteiger partial charge in [0.1, 0.15) is 0 Å². The van der Waals surface area contributed by atoms with Gasteiger partial charge in [0.05, 0.1) is 0 Å². The van der Waals surface area contributed by atoms with Crippen molar-refractivity contribution in [1.29, 1.82) is 0 Å². The number of rotatable bonds is 0. The highest BCUT2D eigenvalue weighted by molar-refractivity contribution is 5.75. The Balaban J connectivity index is 0. The fourth-order valence-electron chi connectivity index (χ4n) is 0. The molecule has 5 heteroatoms. The Morgan fingerprint density at radius 2 is 0.833 bits per heavy atom. The summed E-state index contributed by atoms with van der Waals surface area (Å²) in [5.41, 5.74) is 0. The number of hydrogen-bond donors (Lipinski definition) is 0. The van der Waals surface area contributed by atoms with Crippen molar-refractivity contribution in [3.05, 3.63) is 0 Å². The lowest BCUT2D eigenvalue weighted by Gasteiger charge is -1.82. The number of hydrogen-bond acceptors (Lipinski definition) is 0. The Hall–Kier alpha value is 0.252. The zero-order chi connectivity index (χ0) is 4.50. The first-order valence-corrected chi connectivity index (χ1v) is 0.756. The first-order chi connectivity index (χ1) is 2.00. The maximum Gasteiger partial charge on any atom is 0.559 e. The van der Waals surface area contributed by atoms with Crippen LogP contribution in [0.15, 0.2) is 0 Å². The lowest BCUT2D eigenvalue weighted by molar-refractivity contribution is -0.237. The quantitative estimate of drug-likeness (QED) is 0.327. The molecule has 0 aromatic heterocycles. The van der Waals surface area contributed by atoms with E-state index in [1.165, 1.54) is 0 Å². The largest absolute Gasteiger partial charge is 0.559 e. The van der Waals surface area contributed by atoms with Crippen LogP contribution >= 0.6 is 0 Å². The monoisotopic (exact) mass is 115 g/mol. The van der Waals surface area contributed by atoms with Crippen LogP contribution in [0.2, 0.25) is 0 Å². The standard InChI is InChI=1S/CF4.Al/c2-1(3,4)5;. The minimum absolute atomic E-state index is 0. The lowest BCUT2D eigenvalue weighted by Crippen LogP contribution is -1.92. The van der Waals surface area contributed by atoms with Crippen LogP contribution in [0.5, 0.6) is 0 Å². The van der Waals surface area contributed by atoms with Crippen molar-refractivity contribution in [1.82, 2.24) is 0 Å². The molecule has 0 aromatic rings. The zero-order valence-corrected chi connectivity index (χ0v) is 3.74. The predicted octanol–water partition coefficient (Wildman–Crippen LogP) is 1.09. The molecule has 3 radical (unpaired) electrons. The first-order valence-electron chi connectivity index (χ1n) is 0.756. The van der Waals surface area contributed by atoms with Gasteiger partial charge in [0.2, 0.25) is 0 Å². The average Bonchev–Trinajstić information content (AvgIpc) is 0.722. The highest BCUT2D eigenvalue weighted by atomic mass is 27.0. The SMILES string of the molecule is FC(F)(F)F.[Al]. The molecule has 0 fully saturated rings. The van der Waals surface area contributed by atoms with Gasteiger partial charge in [-0.3, -0.25) is 0 Å². The van der Waals surface area contributed by atoms with Gasteiger partial charge >= 0.3 is 6.43 Å². The topological polar surface area (TPSA) is 0 Å². The summed E-state index contributed by atoms with van der Waals surface area (Å²) in [4.78, 5) is 0. The summed E-state index contributed by atoms with van der Waals surface area (Å²) in [6.07, 6.45) is -5.50. The third-order valence-electron chi connectivity index (χ3n) is 0. The van der Waals surface area contributed by atoms with Gasteiger partial charge in [-0.2, -0.15) is 0 Å². The van der Waals surface area contributed by atoms with Crippen LogP contribution in [0.4, 0.5) is 17.6 Å². The Morgan fingerprint density at radius 3 is 0.833 bits per heavy atom. The van der Waals surface area contributed by atoms with Crippen LogP contribution in [-0.2, 0) is 0 Å². The summed E-state index contributed by atoms with van der Waals surface area (Å²) in [7, 11) is 0.